The minimum Gasteiger partial charge on any atom is -0.354 e. The van der Waals surface area contributed by atoms with Crippen LogP contribution in [0.4, 0.5) is 0 Å². The molecule has 2 nitrogen and oxygen atoms in total. The molecule has 3 heteroatoms. The van der Waals surface area contributed by atoms with Crippen LogP contribution in [-0.2, 0) is 0 Å². The zero-order chi connectivity index (χ0) is 20.5. The minimum atomic E-state index is 0.775. The van der Waals surface area contributed by atoms with Crippen LogP contribution in [-0.4, -0.2) is 9.55 Å². The molecule has 0 radical (unpaired) electrons. The van der Waals surface area contributed by atoms with E-state index < -0.39 is 0 Å². The zero-order valence-electron chi connectivity index (χ0n) is 16.6. The van der Waals surface area contributed by atoms with Crippen LogP contribution >= 0.6 is 11.6 Å². The molecule has 7 rings (SSSR count). The summed E-state index contributed by atoms with van der Waals surface area (Å²) in [4.78, 5) is 3.61. The Morgan fingerprint density at radius 2 is 1.35 bits per heavy atom. The molecule has 0 saturated heterocycles. The highest BCUT2D eigenvalue weighted by Crippen LogP contribution is 2.37. The predicted octanol–water partition coefficient (Wildman–Crippen LogP) is 8.22. The second-order valence-electron chi connectivity index (χ2n) is 8.05. The van der Waals surface area contributed by atoms with Crippen molar-refractivity contribution in [2.45, 2.75) is 0 Å². The number of hydrogen-bond acceptors (Lipinski definition) is 0. The van der Waals surface area contributed by atoms with Crippen molar-refractivity contribution in [3.05, 3.63) is 102 Å². The fourth-order valence-electron chi connectivity index (χ4n) is 5.03. The maximum atomic E-state index is 6.58. The maximum absolute atomic E-state index is 6.58. The van der Waals surface area contributed by atoms with E-state index in [0.717, 1.165) is 32.5 Å². The molecule has 0 amide bonds. The Morgan fingerprint density at radius 1 is 0.613 bits per heavy atom. The third-order valence-corrected chi connectivity index (χ3v) is 6.70. The molecular weight excluding hydrogens is 400 g/mol. The van der Waals surface area contributed by atoms with Gasteiger partial charge in [-0.15, -0.1) is 0 Å². The van der Waals surface area contributed by atoms with Gasteiger partial charge in [-0.2, -0.15) is 0 Å². The van der Waals surface area contributed by atoms with Crippen LogP contribution in [0.15, 0.2) is 97.1 Å². The molecule has 2 heterocycles. The van der Waals surface area contributed by atoms with Crippen molar-refractivity contribution in [1.82, 2.24) is 9.55 Å². The molecule has 146 valence electrons. The van der Waals surface area contributed by atoms with Crippen molar-refractivity contribution in [2.24, 2.45) is 0 Å². The summed E-state index contributed by atoms with van der Waals surface area (Å²) in [5.74, 6) is 0. The number of halogens is 1. The number of hydrogen-bond donors (Lipinski definition) is 1. The van der Waals surface area contributed by atoms with Gasteiger partial charge in [-0.25, -0.2) is 0 Å². The lowest BCUT2D eigenvalue weighted by Gasteiger charge is -2.08. The summed E-state index contributed by atoms with van der Waals surface area (Å²) >= 11 is 6.58. The summed E-state index contributed by atoms with van der Waals surface area (Å²) < 4.78 is 2.36. The van der Waals surface area contributed by atoms with Crippen LogP contribution in [0.3, 0.4) is 0 Å². The van der Waals surface area contributed by atoms with Gasteiger partial charge in [0.15, 0.2) is 0 Å². The van der Waals surface area contributed by atoms with Gasteiger partial charge in [-0.05, 0) is 41.8 Å². The van der Waals surface area contributed by atoms with Crippen LogP contribution in [0, 0.1) is 0 Å². The number of aromatic amines is 1. The van der Waals surface area contributed by atoms with Crippen molar-refractivity contribution >= 4 is 66.0 Å². The standard InChI is InChI=1S/C28H17ClN2/c29-23-9-5-6-17-12-14-21-22-16-18(13-15-24(22)30-28(21)27(17)23)31-25-10-3-1-7-19(25)20-8-2-4-11-26(20)31/h1-16,30H. The van der Waals surface area contributed by atoms with Crippen LogP contribution in [0.5, 0.6) is 0 Å². The fourth-order valence-corrected chi connectivity index (χ4v) is 5.30. The minimum absolute atomic E-state index is 0.775. The van der Waals surface area contributed by atoms with Gasteiger partial charge in [-0.1, -0.05) is 72.3 Å². The van der Waals surface area contributed by atoms with Gasteiger partial charge in [0.25, 0.3) is 0 Å². The third-order valence-electron chi connectivity index (χ3n) is 6.39. The van der Waals surface area contributed by atoms with E-state index in [4.69, 9.17) is 11.6 Å². The van der Waals surface area contributed by atoms with Crippen LogP contribution in [0.1, 0.15) is 0 Å². The van der Waals surface area contributed by atoms with Crippen LogP contribution in [0.2, 0.25) is 5.02 Å². The van der Waals surface area contributed by atoms with E-state index in [2.05, 4.69) is 94.5 Å². The molecule has 0 aliphatic carbocycles. The van der Waals surface area contributed by atoms with Crippen LogP contribution in [0.25, 0.3) is 60.1 Å². The average molecular weight is 417 g/mol. The monoisotopic (exact) mass is 416 g/mol. The number of aromatic nitrogens is 2. The number of nitrogens with one attached hydrogen (secondary N) is 1. The van der Waals surface area contributed by atoms with Gasteiger partial charge in [0.1, 0.15) is 0 Å². The van der Waals surface area contributed by atoms with Gasteiger partial charge >= 0.3 is 0 Å². The molecule has 0 fully saturated rings. The number of fused-ring (bicyclic) bond motifs is 8. The first-order chi connectivity index (χ1) is 15.3. The predicted molar refractivity (Wildman–Crippen MR) is 133 cm³/mol. The van der Waals surface area contributed by atoms with E-state index >= 15 is 0 Å². The summed E-state index contributed by atoms with van der Waals surface area (Å²) in [5.41, 5.74) is 5.81. The van der Waals surface area contributed by atoms with E-state index in [0.29, 0.717) is 0 Å². The Hall–Kier alpha value is -3.75. The summed E-state index contributed by atoms with van der Waals surface area (Å²) in [6, 6.07) is 34.3. The number of para-hydroxylation sites is 2. The van der Waals surface area contributed by atoms with Gasteiger partial charge in [0, 0.05) is 38.1 Å². The van der Waals surface area contributed by atoms with Crippen molar-refractivity contribution in [2.75, 3.05) is 0 Å². The second-order valence-corrected chi connectivity index (χ2v) is 8.46. The molecule has 0 aliphatic rings. The topological polar surface area (TPSA) is 20.7 Å². The SMILES string of the molecule is Clc1cccc2ccc3c4cc(-n5c6ccccc6c6ccccc65)ccc4[nH]c3c12. The molecule has 0 atom stereocenters. The molecule has 1 N–H and O–H groups in total. The van der Waals surface area contributed by atoms with E-state index in [-0.39, 0.29) is 0 Å². The van der Waals surface area contributed by atoms with Crippen molar-refractivity contribution < 1.29 is 0 Å². The third kappa shape index (κ3) is 2.28. The fraction of sp³-hybridized carbons (Fsp3) is 0. The molecule has 2 aromatic heterocycles. The molecule has 0 unspecified atom stereocenters. The van der Waals surface area contributed by atoms with Crippen LogP contribution < -0.4 is 0 Å². The van der Waals surface area contributed by atoms with E-state index in [1.54, 1.807) is 0 Å². The molecule has 0 spiro atoms. The highest BCUT2D eigenvalue weighted by molar-refractivity contribution is 6.38. The largest absolute Gasteiger partial charge is 0.354 e. The molecular formula is C28H17ClN2. The Kier molecular flexibility index (Phi) is 3.36. The van der Waals surface area contributed by atoms with Gasteiger partial charge in [-0.3, -0.25) is 0 Å². The Labute approximate surface area is 183 Å². The number of H-pyrrole nitrogens is 1. The quantitative estimate of drug-likeness (QED) is 0.278. The molecule has 7 aromatic rings. The Balaban J connectivity index is 1.59. The summed E-state index contributed by atoms with van der Waals surface area (Å²) in [6.45, 7) is 0. The Morgan fingerprint density at radius 3 is 2.13 bits per heavy atom. The lowest BCUT2D eigenvalue weighted by Crippen LogP contribution is -1.93. The van der Waals surface area contributed by atoms with Crippen molar-refractivity contribution in [3.8, 4) is 5.69 Å². The normalized spacial score (nSPS) is 12.0. The van der Waals surface area contributed by atoms with E-state index in [1.807, 2.05) is 12.1 Å². The molecule has 0 saturated carbocycles. The van der Waals surface area contributed by atoms with Crippen molar-refractivity contribution in [1.29, 1.82) is 0 Å². The molecule has 0 aliphatic heterocycles. The molecule has 31 heavy (non-hydrogen) atoms. The number of nitrogens with zero attached hydrogens (tertiary/aromatic N) is 1. The van der Waals surface area contributed by atoms with E-state index in [1.165, 1.54) is 32.6 Å². The molecule has 5 aromatic carbocycles. The number of benzene rings is 5. The van der Waals surface area contributed by atoms with Gasteiger partial charge in [0.05, 0.1) is 21.6 Å². The molecule has 0 bridgehead atoms. The smallest absolute Gasteiger partial charge is 0.0559 e. The van der Waals surface area contributed by atoms with Gasteiger partial charge in [0.2, 0.25) is 0 Å². The lowest BCUT2D eigenvalue weighted by atomic mass is 10.1. The Bertz CT molecular complexity index is 1750. The number of rotatable bonds is 1. The first-order valence-corrected chi connectivity index (χ1v) is 10.8. The first kappa shape index (κ1) is 17.0. The van der Waals surface area contributed by atoms with Gasteiger partial charge < -0.3 is 9.55 Å². The summed E-state index contributed by atoms with van der Waals surface area (Å²) in [7, 11) is 0. The first-order valence-electron chi connectivity index (χ1n) is 10.4. The van der Waals surface area contributed by atoms with Crippen molar-refractivity contribution in [3.63, 3.8) is 0 Å². The van der Waals surface area contributed by atoms with E-state index in [9.17, 15) is 0 Å². The highest BCUT2D eigenvalue weighted by atomic mass is 35.5. The zero-order valence-corrected chi connectivity index (χ0v) is 17.3. The second kappa shape index (κ2) is 6.13. The average Bonchev–Trinajstić information content (AvgIpc) is 3.34. The lowest BCUT2D eigenvalue weighted by molar-refractivity contribution is 1.19. The summed E-state index contributed by atoms with van der Waals surface area (Å²) in [6.07, 6.45) is 0. The highest BCUT2D eigenvalue weighted by Gasteiger charge is 2.14. The maximum Gasteiger partial charge on any atom is 0.0559 e. The summed E-state index contributed by atoms with van der Waals surface area (Å²) in [5, 5.41) is 7.95.